The molecule has 1 saturated heterocycles. The van der Waals surface area contributed by atoms with Crippen LogP contribution in [-0.4, -0.2) is 35.6 Å². The van der Waals surface area contributed by atoms with Gasteiger partial charge in [-0.2, -0.15) is 0 Å². The molecule has 2 rings (SSSR count). The third kappa shape index (κ3) is 3.03. The van der Waals surface area contributed by atoms with Crippen LogP contribution in [0.2, 0.25) is 0 Å². The number of nitrogens with zero attached hydrogens (tertiary/aromatic N) is 2. The van der Waals surface area contributed by atoms with E-state index in [9.17, 15) is 0 Å². The van der Waals surface area contributed by atoms with Crippen molar-refractivity contribution >= 4 is 11.3 Å². The van der Waals surface area contributed by atoms with Gasteiger partial charge in [0.05, 0.1) is 11.2 Å². The maximum Gasteiger partial charge on any atom is 0.0795 e. The van der Waals surface area contributed by atoms with E-state index < -0.39 is 0 Å². The fourth-order valence-electron chi connectivity index (χ4n) is 2.35. The lowest BCUT2D eigenvalue weighted by molar-refractivity contribution is 0.192. The van der Waals surface area contributed by atoms with Gasteiger partial charge in [0.15, 0.2) is 0 Å². The first-order valence-electron chi connectivity index (χ1n) is 6.16. The highest BCUT2D eigenvalue weighted by atomic mass is 32.1. The van der Waals surface area contributed by atoms with E-state index in [2.05, 4.69) is 34.4 Å². The number of hydrogen-bond acceptors (Lipinski definition) is 4. The van der Waals surface area contributed by atoms with Gasteiger partial charge in [-0.15, -0.1) is 11.3 Å². The van der Waals surface area contributed by atoms with Crippen LogP contribution in [0.25, 0.3) is 0 Å². The van der Waals surface area contributed by atoms with E-state index >= 15 is 0 Å². The predicted molar refractivity (Wildman–Crippen MR) is 68.8 cm³/mol. The SMILES string of the molecule is CCN1CCCC(NC(C)c2cscn2)C1. The van der Waals surface area contributed by atoms with E-state index in [4.69, 9.17) is 0 Å². The summed E-state index contributed by atoms with van der Waals surface area (Å²) in [5.41, 5.74) is 3.09. The molecule has 0 spiro atoms. The monoisotopic (exact) mass is 239 g/mol. The van der Waals surface area contributed by atoms with Gasteiger partial charge in [-0.1, -0.05) is 6.92 Å². The highest BCUT2D eigenvalue weighted by Crippen LogP contribution is 2.16. The van der Waals surface area contributed by atoms with Gasteiger partial charge in [0.1, 0.15) is 0 Å². The number of rotatable bonds is 4. The summed E-state index contributed by atoms with van der Waals surface area (Å²) in [6, 6.07) is 1.01. The minimum absolute atomic E-state index is 0.382. The van der Waals surface area contributed by atoms with Gasteiger partial charge in [-0.05, 0) is 32.9 Å². The first kappa shape index (κ1) is 12.0. The lowest BCUT2D eigenvalue weighted by Gasteiger charge is -2.33. The molecule has 1 fully saturated rings. The van der Waals surface area contributed by atoms with Gasteiger partial charge in [0, 0.05) is 24.0 Å². The molecule has 3 nitrogen and oxygen atoms in total. The average molecular weight is 239 g/mol. The molecule has 0 amide bonds. The van der Waals surface area contributed by atoms with Gasteiger partial charge < -0.3 is 10.2 Å². The average Bonchev–Trinajstić information content (AvgIpc) is 2.83. The smallest absolute Gasteiger partial charge is 0.0795 e. The topological polar surface area (TPSA) is 28.2 Å². The largest absolute Gasteiger partial charge is 0.305 e. The van der Waals surface area contributed by atoms with Crippen molar-refractivity contribution in [2.24, 2.45) is 0 Å². The van der Waals surface area contributed by atoms with Gasteiger partial charge in [0.25, 0.3) is 0 Å². The summed E-state index contributed by atoms with van der Waals surface area (Å²) < 4.78 is 0. The third-order valence-electron chi connectivity index (χ3n) is 3.33. The molecule has 1 N–H and O–H groups in total. The summed E-state index contributed by atoms with van der Waals surface area (Å²) in [5, 5.41) is 5.82. The van der Waals surface area contributed by atoms with Crippen LogP contribution >= 0.6 is 11.3 Å². The van der Waals surface area contributed by atoms with Crippen LogP contribution in [0, 0.1) is 0 Å². The molecule has 0 aliphatic carbocycles. The van der Waals surface area contributed by atoms with Gasteiger partial charge in [0.2, 0.25) is 0 Å². The fraction of sp³-hybridized carbons (Fsp3) is 0.750. The highest BCUT2D eigenvalue weighted by Gasteiger charge is 2.20. The molecule has 1 aromatic heterocycles. The van der Waals surface area contributed by atoms with E-state index in [0.29, 0.717) is 12.1 Å². The second-order valence-corrected chi connectivity index (χ2v) is 5.25. The lowest BCUT2D eigenvalue weighted by Crippen LogP contribution is -2.46. The summed E-state index contributed by atoms with van der Waals surface area (Å²) in [6.45, 7) is 8.07. The Balaban J connectivity index is 1.84. The normalized spacial score (nSPS) is 24.5. The number of nitrogens with one attached hydrogen (secondary N) is 1. The lowest BCUT2D eigenvalue weighted by atomic mass is 10.0. The molecule has 90 valence electrons. The van der Waals surface area contributed by atoms with E-state index in [1.165, 1.54) is 38.2 Å². The minimum atomic E-state index is 0.382. The van der Waals surface area contributed by atoms with Crippen LogP contribution in [0.4, 0.5) is 0 Å². The quantitative estimate of drug-likeness (QED) is 0.873. The fourth-order valence-corrected chi connectivity index (χ4v) is 3.00. The molecule has 1 aromatic rings. The highest BCUT2D eigenvalue weighted by molar-refractivity contribution is 7.07. The van der Waals surface area contributed by atoms with Crippen molar-refractivity contribution in [3.05, 3.63) is 16.6 Å². The summed E-state index contributed by atoms with van der Waals surface area (Å²) >= 11 is 1.67. The van der Waals surface area contributed by atoms with Crippen LogP contribution in [0.15, 0.2) is 10.9 Å². The molecule has 0 bridgehead atoms. The van der Waals surface area contributed by atoms with Crippen molar-refractivity contribution in [1.82, 2.24) is 15.2 Å². The molecule has 16 heavy (non-hydrogen) atoms. The number of thiazole rings is 1. The van der Waals surface area contributed by atoms with Crippen LogP contribution < -0.4 is 5.32 Å². The molecule has 0 saturated carbocycles. The Hall–Kier alpha value is -0.450. The Labute approximate surface area is 102 Å². The number of likely N-dealkylation sites (N-methyl/N-ethyl adjacent to an activating group) is 1. The third-order valence-corrected chi connectivity index (χ3v) is 3.94. The number of likely N-dealkylation sites (tertiary alicyclic amines) is 1. The van der Waals surface area contributed by atoms with Crippen LogP contribution in [0.5, 0.6) is 0 Å². The van der Waals surface area contributed by atoms with Gasteiger partial charge >= 0.3 is 0 Å². The maximum absolute atomic E-state index is 4.36. The molecule has 2 unspecified atom stereocenters. The summed E-state index contributed by atoms with van der Waals surface area (Å²) in [4.78, 5) is 6.89. The summed E-state index contributed by atoms with van der Waals surface area (Å²) in [5.74, 6) is 0. The summed E-state index contributed by atoms with van der Waals surface area (Å²) in [6.07, 6.45) is 2.61. The number of piperidine rings is 1. The first-order chi connectivity index (χ1) is 7.79. The Bertz CT molecular complexity index is 299. The van der Waals surface area contributed by atoms with Crippen LogP contribution in [0.3, 0.4) is 0 Å². The zero-order valence-corrected chi connectivity index (χ0v) is 11.0. The zero-order chi connectivity index (χ0) is 11.4. The van der Waals surface area contributed by atoms with E-state index in [-0.39, 0.29) is 0 Å². The van der Waals surface area contributed by atoms with Gasteiger partial charge in [-0.3, -0.25) is 0 Å². The second kappa shape index (κ2) is 5.75. The van der Waals surface area contributed by atoms with Crippen molar-refractivity contribution in [2.45, 2.75) is 38.8 Å². The van der Waals surface area contributed by atoms with E-state index in [0.717, 1.165) is 0 Å². The molecule has 2 atom stereocenters. The Morgan fingerprint density at radius 1 is 1.69 bits per heavy atom. The van der Waals surface area contributed by atoms with E-state index in [1.54, 1.807) is 11.3 Å². The summed E-state index contributed by atoms with van der Waals surface area (Å²) in [7, 11) is 0. The number of hydrogen-bond donors (Lipinski definition) is 1. The molecule has 1 aliphatic rings. The van der Waals surface area contributed by atoms with Crippen molar-refractivity contribution in [3.63, 3.8) is 0 Å². The predicted octanol–water partition coefficient (Wildman–Crippen LogP) is 2.28. The molecule has 0 aromatic carbocycles. The molecule has 1 aliphatic heterocycles. The van der Waals surface area contributed by atoms with Gasteiger partial charge in [-0.25, -0.2) is 4.98 Å². The Morgan fingerprint density at radius 3 is 3.25 bits per heavy atom. The second-order valence-electron chi connectivity index (χ2n) is 4.53. The van der Waals surface area contributed by atoms with Crippen molar-refractivity contribution in [1.29, 1.82) is 0 Å². The zero-order valence-electron chi connectivity index (χ0n) is 10.1. The molecular formula is C12H21N3S. The van der Waals surface area contributed by atoms with E-state index in [1.807, 2.05) is 5.51 Å². The van der Waals surface area contributed by atoms with Crippen LogP contribution in [-0.2, 0) is 0 Å². The molecule has 4 heteroatoms. The Morgan fingerprint density at radius 2 is 2.56 bits per heavy atom. The van der Waals surface area contributed by atoms with Crippen molar-refractivity contribution in [2.75, 3.05) is 19.6 Å². The van der Waals surface area contributed by atoms with Crippen molar-refractivity contribution in [3.8, 4) is 0 Å². The minimum Gasteiger partial charge on any atom is -0.305 e. The molecular weight excluding hydrogens is 218 g/mol. The molecule has 0 radical (unpaired) electrons. The standard InChI is InChI=1S/C12H21N3S/c1-3-15-6-4-5-11(7-15)14-10(2)12-8-16-9-13-12/h8-11,14H,3-7H2,1-2H3. The number of aromatic nitrogens is 1. The maximum atomic E-state index is 4.36. The van der Waals surface area contributed by atoms with Crippen molar-refractivity contribution < 1.29 is 0 Å². The first-order valence-corrected chi connectivity index (χ1v) is 7.10. The Kier molecular flexibility index (Phi) is 4.32. The van der Waals surface area contributed by atoms with Crippen LogP contribution in [0.1, 0.15) is 38.4 Å². The molecule has 2 heterocycles.